The van der Waals surface area contributed by atoms with Gasteiger partial charge in [0.1, 0.15) is 11.5 Å². The van der Waals surface area contributed by atoms with Crippen molar-refractivity contribution in [3.05, 3.63) is 85.0 Å². The summed E-state index contributed by atoms with van der Waals surface area (Å²) in [4.78, 5) is 22.5. The highest BCUT2D eigenvalue weighted by Gasteiger charge is 2.10. The molecule has 0 atom stereocenters. The third-order valence-electron chi connectivity index (χ3n) is 3.83. The summed E-state index contributed by atoms with van der Waals surface area (Å²) in [6, 6.07) is 16.5. The normalized spacial score (nSPS) is 9.80. The summed E-state index contributed by atoms with van der Waals surface area (Å²) >= 11 is 0. The van der Waals surface area contributed by atoms with E-state index in [1.54, 1.807) is 62.4 Å². The second kappa shape index (κ2) is 9.93. The SMILES string of the molecule is C=C(C)C(=O)Oc1cccc2c(O)cccc12.C=C(C)C(=O)Oc1ccccc1O. The molecule has 2 N–H and O–H groups in total. The van der Waals surface area contributed by atoms with Crippen molar-refractivity contribution in [2.45, 2.75) is 13.8 Å². The highest BCUT2D eigenvalue weighted by Crippen LogP contribution is 2.31. The fourth-order valence-corrected chi connectivity index (χ4v) is 2.27. The Bertz CT molecular complexity index is 1110. The van der Waals surface area contributed by atoms with Gasteiger partial charge in [0, 0.05) is 21.9 Å². The molecule has 0 saturated carbocycles. The van der Waals surface area contributed by atoms with Crippen molar-refractivity contribution < 1.29 is 29.3 Å². The number of para-hydroxylation sites is 2. The van der Waals surface area contributed by atoms with Crippen LogP contribution in [0.3, 0.4) is 0 Å². The Morgan fingerprint density at radius 1 is 0.667 bits per heavy atom. The summed E-state index contributed by atoms with van der Waals surface area (Å²) in [5, 5.41) is 20.3. The number of carbonyl (C=O) groups excluding carboxylic acids is 2. The van der Waals surface area contributed by atoms with Gasteiger partial charge in [-0.1, -0.05) is 49.6 Å². The van der Waals surface area contributed by atoms with Gasteiger partial charge in [-0.3, -0.25) is 0 Å². The minimum atomic E-state index is -0.540. The number of carbonyl (C=O) groups is 2. The van der Waals surface area contributed by atoms with Gasteiger partial charge in [0.25, 0.3) is 0 Å². The lowest BCUT2D eigenvalue weighted by Gasteiger charge is -2.08. The molecule has 0 radical (unpaired) electrons. The van der Waals surface area contributed by atoms with Crippen molar-refractivity contribution in [3.63, 3.8) is 0 Å². The number of phenolic OH excluding ortho intramolecular Hbond substituents is 2. The van der Waals surface area contributed by atoms with E-state index >= 15 is 0 Å². The van der Waals surface area contributed by atoms with Crippen LogP contribution < -0.4 is 9.47 Å². The second-order valence-corrected chi connectivity index (χ2v) is 6.44. The van der Waals surface area contributed by atoms with Crippen LogP contribution in [0.2, 0.25) is 0 Å². The van der Waals surface area contributed by atoms with E-state index in [2.05, 4.69) is 13.2 Å². The zero-order valence-corrected chi connectivity index (χ0v) is 16.7. The second-order valence-electron chi connectivity index (χ2n) is 6.44. The van der Waals surface area contributed by atoms with Crippen molar-refractivity contribution in [1.29, 1.82) is 0 Å². The monoisotopic (exact) mass is 406 g/mol. The molecule has 30 heavy (non-hydrogen) atoms. The Labute approximate surface area is 174 Å². The molecule has 3 aromatic carbocycles. The summed E-state index contributed by atoms with van der Waals surface area (Å²) < 4.78 is 10.0. The summed E-state index contributed by atoms with van der Waals surface area (Å²) in [5.41, 5.74) is 0.630. The summed E-state index contributed by atoms with van der Waals surface area (Å²) in [7, 11) is 0. The molecule has 6 heteroatoms. The van der Waals surface area contributed by atoms with Crippen molar-refractivity contribution in [2.75, 3.05) is 0 Å². The van der Waals surface area contributed by atoms with E-state index in [4.69, 9.17) is 9.47 Å². The number of ether oxygens (including phenoxy) is 2. The van der Waals surface area contributed by atoms with Crippen LogP contribution >= 0.6 is 0 Å². The predicted molar refractivity (Wildman–Crippen MR) is 115 cm³/mol. The summed E-state index contributed by atoms with van der Waals surface area (Å²) in [6.45, 7) is 10.1. The summed E-state index contributed by atoms with van der Waals surface area (Å²) in [5.74, 6) is -0.336. The largest absolute Gasteiger partial charge is 0.507 e. The molecule has 0 bridgehead atoms. The molecule has 3 aromatic rings. The van der Waals surface area contributed by atoms with E-state index in [0.29, 0.717) is 27.7 Å². The predicted octanol–water partition coefficient (Wildman–Crippen LogP) is 4.90. The number of aromatic hydroxyl groups is 2. The molecular weight excluding hydrogens is 384 g/mol. The number of esters is 2. The van der Waals surface area contributed by atoms with Gasteiger partial charge in [0.15, 0.2) is 11.5 Å². The van der Waals surface area contributed by atoms with Gasteiger partial charge in [-0.05, 0) is 38.1 Å². The van der Waals surface area contributed by atoms with Crippen LogP contribution in [0.15, 0.2) is 85.0 Å². The highest BCUT2D eigenvalue weighted by molar-refractivity contribution is 5.96. The Morgan fingerprint density at radius 2 is 1.13 bits per heavy atom. The molecule has 6 nitrogen and oxygen atoms in total. The van der Waals surface area contributed by atoms with E-state index in [9.17, 15) is 19.8 Å². The third kappa shape index (κ3) is 5.72. The first-order valence-corrected chi connectivity index (χ1v) is 8.94. The average molecular weight is 406 g/mol. The maximum absolute atomic E-state index is 11.5. The number of phenols is 2. The topological polar surface area (TPSA) is 93.1 Å². The number of hydrogen-bond donors (Lipinski definition) is 2. The minimum Gasteiger partial charge on any atom is -0.507 e. The molecule has 0 amide bonds. The lowest BCUT2D eigenvalue weighted by molar-refractivity contribution is -0.130. The van der Waals surface area contributed by atoms with Crippen LogP contribution in [-0.4, -0.2) is 22.2 Å². The van der Waals surface area contributed by atoms with E-state index in [1.165, 1.54) is 12.1 Å². The Kier molecular flexibility index (Phi) is 7.36. The summed E-state index contributed by atoms with van der Waals surface area (Å²) in [6.07, 6.45) is 0. The van der Waals surface area contributed by atoms with Crippen molar-refractivity contribution >= 4 is 22.7 Å². The highest BCUT2D eigenvalue weighted by atomic mass is 16.5. The molecule has 154 valence electrons. The van der Waals surface area contributed by atoms with E-state index in [0.717, 1.165) is 0 Å². The van der Waals surface area contributed by atoms with Crippen molar-refractivity contribution in [2.24, 2.45) is 0 Å². The van der Waals surface area contributed by atoms with Gasteiger partial charge < -0.3 is 19.7 Å². The number of hydrogen-bond acceptors (Lipinski definition) is 6. The molecular formula is C24H22O6. The zero-order chi connectivity index (χ0) is 22.3. The van der Waals surface area contributed by atoms with Crippen LogP contribution in [0.1, 0.15) is 13.8 Å². The quantitative estimate of drug-likeness (QED) is 0.364. The first-order valence-electron chi connectivity index (χ1n) is 8.94. The molecule has 0 aromatic heterocycles. The van der Waals surface area contributed by atoms with E-state index < -0.39 is 11.9 Å². The Morgan fingerprint density at radius 3 is 1.73 bits per heavy atom. The molecule has 0 aliphatic rings. The standard InChI is InChI=1S/C14H12O3.C10H10O3/c1-9(2)14(16)17-13-8-4-5-10-11(13)6-3-7-12(10)15;1-7(2)10(12)13-9-6-4-3-5-8(9)11/h3-8,15H,1H2,2H3;3-6,11H,1H2,2H3. The fourth-order valence-electron chi connectivity index (χ4n) is 2.27. The molecule has 0 unspecified atom stereocenters. The molecule has 0 aliphatic carbocycles. The molecule has 0 heterocycles. The maximum Gasteiger partial charge on any atom is 0.338 e. The lowest BCUT2D eigenvalue weighted by Crippen LogP contribution is -2.08. The van der Waals surface area contributed by atoms with Crippen LogP contribution in [0.25, 0.3) is 10.8 Å². The molecule has 0 saturated heterocycles. The van der Waals surface area contributed by atoms with Gasteiger partial charge in [0.2, 0.25) is 0 Å². The van der Waals surface area contributed by atoms with Crippen LogP contribution in [0, 0.1) is 0 Å². The van der Waals surface area contributed by atoms with Gasteiger partial charge in [-0.25, -0.2) is 9.59 Å². The van der Waals surface area contributed by atoms with Gasteiger partial charge >= 0.3 is 11.9 Å². The van der Waals surface area contributed by atoms with Gasteiger partial charge in [0.05, 0.1) is 0 Å². The van der Waals surface area contributed by atoms with Gasteiger partial charge in [-0.2, -0.15) is 0 Å². The minimum absolute atomic E-state index is 0.0582. The smallest absolute Gasteiger partial charge is 0.338 e. The molecule has 0 fully saturated rings. The average Bonchev–Trinajstić information content (AvgIpc) is 2.71. The van der Waals surface area contributed by atoms with Crippen LogP contribution in [-0.2, 0) is 9.59 Å². The van der Waals surface area contributed by atoms with E-state index in [-0.39, 0.29) is 17.2 Å². The van der Waals surface area contributed by atoms with Crippen LogP contribution in [0.5, 0.6) is 23.0 Å². The first-order chi connectivity index (χ1) is 14.2. The maximum atomic E-state index is 11.5. The molecule has 0 spiro atoms. The van der Waals surface area contributed by atoms with Crippen molar-refractivity contribution in [1.82, 2.24) is 0 Å². The third-order valence-corrected chi connectivity index (χ3v) is 3.83. The van der Waals surface area contributed by atoms with Crippen molar-refractivity contribution in [3.8, 4) is 23.0 Å². The Hall–Kier alpha value is -4.06. The van der Waals surface area contributed by atoms with Crippen LogP contribution in [0.4, 0.5) is 0 Å². The first kappa shape index (κ1) is 22.2. The number of benzene rings is 3. The number of rotatable bonds is 4. The number of fused-ring (bicyclic) bond motifs is 1. The molecule has 3 rings (SSSR count). The van der Waals surface area contributed by atoms with E-state index in [1.807, 2.05) is 0 Å². The lowest BCUT2D eigenvalue weighted by atomic mass is 10.1. The molecule has 0 aliphatic heterocycles. The van der Waals surface area contributed by atoms with Gasteiger partial charge in [-0.15, -0.1) is 0 Å². The Balaban J connectivity index is 0.000000222. The zero-order valence-electron chi connectivity index (χ0n) is 16.7. The fraction of sp³-hybridized carbons (Fsp3) is 0.0833.